The number of aryl methyl sites for hydroxylation is 1. The van der Waals surface area contributed by atoms with Gasteiger partial charge in [-0.1, -0.05) is 44.5 Å². The number of nitrogens with one attached hydrogen (secondary N) is 1. The maximum atomic E-state index is 3.42. The molecule has 19 heavy (non-hydrogen) atoms. The van der Waals surface area contributed by atoms with Crippen LogP contribution in [0.3, 0.4) is 0 Å². The third kappa shape index (κ3) is 3.26. The summed E-state index contributed by atoms with van der Waals surface area (Å²) in [4.78, 5) is 2.84. The molecule has 2 rings (SSSR count). The van der Waals surface area contributed by atoms with Crippen molar-refractivity contribution in [2.45, 2.75) is 39.2 Å². The van der Waals surface area contributed by atoms with E-state index in [9.17, 15) is 0 Å². The standard InChI is InChI=1S/C17H23NS/c1-4-8-15(18-3)17-12-11-16(19-17)14-10-7-6-9-13(14)5-2/h6-7,9-12,15,18H,4-5,8H2,1-3H3. The molecule has 0 aliphatic rings. The first-order chi connectivity index (χ1) is 9.30. The second kappa shape index (κ2) is 6.88. The molecule has 1 unspecified atom stereocenters. The maximum absolute atomic E-state index is 3.42. The van der Waals surface area contributed by atoms with E-state index in [1.807, 2.05) is 11.3 Å². The Bertz CT molecular complexity index is 515. The van der Waals surface area contributed by atoms with E-state index in [1.54, 1.807) is 0 Å². The first kappa shape index (κ1) is 14.3. The van der Waals surface area contributed by atoms with Crippen LogP contribution in [0.4, 0.5) is 0 Å². The predicted molar refractivity (Wildman–Crippen MR) is 85.8 cm³/mol. The Kier molecular flexibility index (Phi) is 5.17. The van der Waals surface area contributed by atoms with Crippen molar-refractivity contribution in [2.75, 3.05) is 7.05 Å². The van der Waals surface area contributed by atoms with Gasteiger partial charge in [0, 0.05) is 15.8 Å². The largest absolute Gasteiger partial charge is 0.312 e. The van der Waals surface area contributed by atoms with Gasteiger partial charge in [0.15, 0.2) is 0 Å². The average Bonchev–Trinajstić information content (AvgIpc) is 2.94. The molecule has 0 spiro atoms. The van der Waals surface area contributed by atoms with E-state index in [2.05, 4.69) is 62.6 Å². The third-order valence-corrected chi connectivity index (χ3v) is 4.79. The zero-order valence-electron chi connectivity index (χ0n) is 12.1. The Balaban J connectivity index is 2.30. The number of hydrogen-bond donors (Lipinski definition) is 1. The predicted octanol–water partition coefficient (Wildman–Crippen LogP) is 5.04. The van der Waals surface area contributed by atoms with Crippen molar-refractivity contribution in [3.63, 3.8) is 0 Å². The van der Waals surface area contributed by atoms with Gasteiger partial charge in [0.25, 0.3) is 0 Å². The number of rotatable bonds is 6. The first-order valence-electron chi connectivity index (χ1n) is 7.15. The molecule has 0 saturated carbocycles. The third-order valence-electron chi connectivity index (χ3n) is 3.56. The summed E-state index contributed by atoms with van der Waals surface area (Å²) >= 11 is 1.93. The lowest BCUT2D eigenvalue weighted by Crippen LogP contribution is -2.14. The van der Waals surface area contributed by atoms with Crippen molar-refractivity contribution in [2.24, 2.45) is 0 Å². The van der Waals surface area contributed by atoms with Crippen LogP contribution in [0.5, 0.6) is 0 Å². The molecule has 0 bridgehead atoms. The molecule has 0 fully saturated rings. The zero-order chi connectivity index (χ0) is 13.7. The molecule has 1 atom stereocenters. The van der Waals surface area contributed by atoms with Gasteiger partial charge in [-0.05, 0) is 43.1 Å². The van der Waals surface area contributed by atoms with E-state index in [0.717, 1.165) is 6.42 Å². The summed E-state index contributed by atoms with van der Waals surface area (Å²) in [6, 6.07) is 13.8. The highest BCUT2D eigenvalue weighted by Crippen LogP contribution is 2.34. The molecule has 0 amide bonds. The summed E-state index contributed by atoms with van der Waals surface area (Å²) in [6.45, 7) is 4.46. The molecular weight excluding hydrogens is 250 g/mol. The van der Waals surface area contributed by atoms with Gasteiger partial charge in [-0.15, -0.1) is 11.3 Å². The smallest absolute Gasteiger partial charge is 0.0412 e. The first-order valence-corrected chi connectivity index (χ1v) is 7.97. The van der Waals surface area contributed by atoms with Gasteiger partial charge in [-0.2, -0.15) is 0 Å². The van der Waals surface area contributed by atoms with E-state index in [0.29, 0.717) is 6.04 Å². The van der Waals surface area contributed by atoms with Crippen molar-refractivity contribution in [1.29, 1.82) is 0 Å². The molecular formula is C17H23NS. The lowest BCUT2D eigenvalue weighted by Gasteiger charge is -2.12. The van der Waals surface area contributed by atoms with Crippen LogP contribution in [0.1, 0.15) is 43.2 Å². The minimum Gasteiger partial charge on any atom is -0.312 e. The van der Waals surface area contributed by atoms with Gasteiger partial charge < -0.3 is 5.32 Å². The molecule has 0 aliphatic carbocycles. The molecule has 0 radical (unpaired) electrons. The van der Waals surface area contributed by atoms with Gasteiger partial charge >= 0.3 is 0 Å². The van der Waals surface area contributed by atoms with Crippen molar-refractivity contribution in [3.8, 4) is 10.4 Å². The monoisotopic (exact) mass is 273 g/mol. The Morgan fingerprint density at radius 1 is 1.11 bits per heavy atom. The Morgan fingerprint density at radius 2 is 1.89 bits per heavy atom. The van der Waals surface area contributed by atoms with Crippen LogP contribution >= 0.6 is 11.3 Å². The average molecular weight is 273 g/mol. The van der Waals surface area contributed by atoms with Crippen LogP contribution < -0.4 is 5.32 Å². The van der Waals surface area contributed by atoms with Crippen molar-refractivity contribution in [3.05, 3.63) is 46.8 Å². The van der Waals surface area contributed by atoms with Crippen molar-refractivity contribution < 1.29 is 0 Å². The normalized spacial score (nSPS) is 12.6. The second-order valence-electron chi connectivity index (χ2n) is 4.84. The summed E-state index contributed by atoms with van der Waals surface area (Å²) in [5.41, 5.74) is 2.83. The van der Waals surface area contributed by atoms with E-state index in [-0.39, 0.29) is 0 Å². The highest BCUT2D eigenvalue weighted by atomic mass is 32.1. The van der Waals surface area contributed by atoms with Gasteiger partial charge in [-0.25, -0.2) is 0 Å². The number of hydrogen-bond acceptors (Lipinski definition) is 2. The fourth-order valence-electron chi connectivity index (χ4n) is 2.47. The SMILES string of the molecule is CCCC(NC)c1ccc(-c2ccccc2CC)s1. The van der Waals surface area contributed by atoms with Crippen LogP contribution in [0.15, 0.2) is 36.4 Å². The quantitative estimate of drug-likeness (QED) is 0.777. The molecule has 1 heterocycles. The summed E-state index contributed by atoms with van der Waals surface area (Å²) in [5.74, 6) is 0. The molecule has 1 aromatic heterocycles. The van der Waals surface area contributed by atoms with E-state index >= 15 is 0 Å². The molecule has 1 aromatic carbocycles. The van der Waals surface area contributed by atoms with E-state index < -0.39 is 0 Å². The van der Waals surface area contributed by atoms with Gasteiger partial charge in [0.2, 0.25) is 0 Å². The fraction of sp³-hybridized carbons (Fsp3) is 0.412. The molecule has 2 aromatic rings. The number of benzene rings is 1. The maximum Gasteiger partial charge on any atom is 0.0412 e. The molecule has 1 N–H and O–H groups in total. The van der Waals surface area contributed by atoms with Crippen molar-refractivity contribution >= 4 is 11.3 Å². The summed E-state index contributed by atoms with van der Waals surface area (Å²) in [7, 11) is 2.06. The van der Waals surface area contributed by atoms with Gasteiger partial charge in [0.05, 0.1) is 0 Å². The van der Waals surface area contributed by atoms with Gasteiger partial charge in [0.1, 0.15) is 0 Å². The molecule has 2 heteroatoms. The fourth-order valence-corrected chi connectivity index (χ4v) is 3.68. The van der Waals surface area contributed by atoms with Gasteiger partial charge in [-0.3, -0.25) is 0 Å². The lowest BCUT2D eigenvalue weighted by molar-refractivity contribution is 0.550. The molecule has 0 saturated heterocycles. The zero-order valence-corrected chi connectivity index (χ0v) is 12.9. The van der Waals surface area contributed by atoms with Crippen LogP contribution in [-0.2, 0) is 6.42 Å². The van der Waals surface area contributed by atoms with E-state index in [1.165, 1.54) is 33.7 Å². The Morgan fingerprint density at radius 3 is 2.58 bits per heavy atom. The highest BCUT2D eigenvalue weighted by Gasteiger charge is 2.12. The van der Waals surface area contributed by atoms with Crippen LogP contribution in [0.2, 0.25) is 0 Å². The van der Waals surface area contributed by atoms with Crippen LogP contribution in [-0.4, -0.2) is 7.05 Å². The molecule has 1 nitrogen and oxygen atoms in total. The van der Waals surface area contributed by atoms with E-state index in [4.69, 9.17) is 0 Å². The summed E-state index contributed by atoms with van der Waals surface area (Å²) < 4.78 is 0. The Hall–Kier alpha value is -1.12. The summed E-state index contributed by atoms with van der Waals surface area (Å²) in [6.07, 6.45) is 3.50. The minimum absolute atomic E-state index is 0.498. The van der Waals surface area contributed by atoms with Crippen molar-refractivity contribution in [1.82, 2.24) is 5.32 Å². The molecule has 0 aliphatic heterocycles. The lowest BCUT2D eigenvalue weighted by atomic mass is 10.0. The minimum atomic E-state index is 0.498. The highest BCUT2D eigenvalue weighted by molar-refractivity contribution is 7.15. The van der Waals surface area contributed by atoms with Crippen LogP contribution in [0, 0.1) is 0 Å². The topological polar surface area (TPSA) is 12.0 Å². The van der Waals surface area contributed by atoms with Crippen LogP contribution in [0.25, 0.3) is 10.4 Å². The Labute approximate surface area is 120 Å². The second-order valence-corrected chi connectivity index (χ2v) is 5.96. The summed E-state index contributed by atoms with van der Waals surface area (Å²) in [5, 5.41) is 3.42. The molecule has 102 valence electrons. The number of thiophene rings is 1.